The zero-order valence-corrected chi connectivity index (χ0v) is 7.88. The number of carbonyl (C=O) groups is 1. The average Bonchev–Trinajstić information content (AvgIpc) is 2.23. The molecule has 0 aliphatic carbocycles. The van der Waals surface area contributed by atoms with Gasteiger partial charge in [0.25, 0.3) is 5.91 Å². The van der Waals surface area contributed by atoms with Crippen molar-refractivity contribution in [2.45, 2.75) is 6.04 Å². The molecule has 1 N–H and O–H groups in total. The monoisotopic (exact) mass is 206 g/mol. The van der Waals surface area contributed by atoms with Gasteiger partial charge < -0.3 is 4.84 Å². The standard InChI is InChI=1S/C9H6N2O2S/c12-9-8(10-5-14)6-3-1-2-4-7(6)13-11-9/h1-4,8H,(H,11,12). The highest BCUT2D eigenvalue weighted by atomic mass is 32.1. The molecule has 1 aliphatic heterocycles. The van der Waals surface area contributed by atoms with Crippen LogP contribution in [0.1, 0.15) is 11.6 Å². The van der Waals surface area contributed by atoms with Crippen molar-refractivity contribution >= 4 is 23.3 Å². The van der Waals surface area contributed by atoms with Crippen LogP contribution in [0.2, 0.25) is 0 Å². The molecule has 1 aromatic rings. The van der Waals surface area contributed by atoms with Crippen LogP contribution < -0.4 is 10.3 Å². The zero-order chi connectivity index (χ0) is 9.97. The molecule has 1 unspecified atom stereocenters. The molecule has 5 heteroatoms. The number of benzene rings is 1. The van der Waals surface area contributed by atoms with Crippen LogP contribution in [0.4, 0.5) is 0 Å². The van der Waals surface area contributed by atoms with Crippen molar-refractivity contribution in [2.75, 3.05) is 0 Å². The number of nitrogens with one attached hydrogen (secondary N) is 1. The number of fused-ring (bicyclic) bond motifs is 1. The van der Waals surface area contributed by atoms with Gasteiger partial charge in [0.05, 0.1) is 5.16 Å². The van der Waals surface area contributed by atoms with E-state index < -0.39 is 6.04 Å². The van der Waals surface area contributed by atoms with Gasteiger partial charge in [0.15, 0.2) is 11.8 Å². The highest BCUT2D eigenvalue weighted by Gasteiger charge is 2.28. The Morgan fingerprint density at radius 2 is 2.29 bits per heavy atom. The van der Waals surface area contributed by atoms with Crippen molar-refractivity contribution in [1.29, 1.82) is 0 Å². The Bertz CT molecular complexity index is 427. The summed E-state index contributed by atoms with van der Waals surface area (Å²) in [6.45, 7) is 0. The molecule has 4 nitrogen and oxygen atoms in total. The lowest BCUT2D eigenvalue weighted by molar-refractivity contribution is -0.130. The van der Waals surface area contributed by atoms with Gasteiger partial charge in [0, 0.05) is 5.56 Å². The topological polar surface area (TPSA) is 50.7 Å². The Morgan fingerprint density at radius 1 is 1.50 bits per heavy atom. The first-order valence-corrected chi connectivity index (χ1v) is 4.36. The summed E-state index contributed by atoms with van der Waals surface area (Å²) in [5, 5.41) is 2.20. The molecule has 1 aromatic carbocycles. The number of nitrogens with zero attached hydrogens (tertiary/aromatic N) is 1. The van der Waals surface area contributed by atoms with E-state index in [1.807, 2.05) is 12.1 Å². The minimum Gasteiger partial charge on any atom is -0.379 e. The van der Waals surface area contributed by atoms with E-state index in [0.717, 1.165) is 0 Å². The lowest BCUT2D eigenvalue weighted by Crippen LogP contribution is -2.36. The molecule has 0 spiro atoms. The molecule has 0 saturated carbocycles. The number of hydrogen-bond donors (Lipinski definition) is 1. The van der Waals surface area contributed by atoms with Gasteiger partial charge in [-0.15, -0.1) is 0 Å². The molecule has 1 amide bonds. The third kappa shape index (κ3) is 1.39. The molecule has 70 valence electrons. The summed E-state index contributed by atoms with van der Waals surface area (Å²) < 4.78 is 0. The predicted molar refractivity (Wildman–Crippen MR) is 53.0 cm³/mol. The third-order valence-electron chi connectivity index (χ3n) is 1.91. The second-order valence-corrected chi connectivity index (χ2v) is 2.91. The van der Waals surface area contributed by atoms with E-state index in [9.17, 15) is 4.79 Å². The third-order valence-corrected chi connectivity index (χ3v) is 2.01. The number of hydroxylamine groups is 1. The van der Waals surface area contributed by atoms with Gasteiger partial charge in [0.1, 0.15) is 0 Å². The van der Waals surface area contributed by atoms with Gasteiger partial charge in [-0.25, -0.2) is 4.99 Å². The Balaban J connectivity index is 2.51. The van der Waals surface area contributed by atoms with E-state index >= 15 is 0 Å². The molecule has 0 fully saturated rings. The summed E-state index contributed by atoms with van der Waals surface area (Å²) in [5.41, 5.74) is 2.96. The zero-order valence-electron chi connectivity index (χ0n) is 7.06. The normalized spacial score (nSPS) is 18.6. The largest absolute Gasteiger partial charge is 0.379 e. The maximum absolute atomic E-state index is 11.3. The van der Waals surface area contributed by atoms with E-state index in [1.165, 1.54) is 0 Å². The van der Waals surface area contributed by atoms with Crippen LogP contribution in [0, 0.1) is 0 Å². The van der Waals surface area contributed by atoms with Crippen molar-refractivity contribution in [3.8, 4) is 5.75 Å². The molecular weight excluding hydrogens is 200 g/mol. The minimum absolute atomic E-state index is 0.332. The minimum atomic E-state index is -0.641. The number of aliphatic imine (C=N–C) groups is 1. The number of hydrogen-bond acceptors (Lipinski definition) is 4. The van der Waals surface area contributed by atoms with Crippen LogP contribution in [0.3, 0.4) is 0 Å². The first-order chi connectivity index (χ1) is 6.83. The highest BCUT2D eigenvalue weighted by Crippen LogP contribution is 2.30. The first kappa shape index (κ1) is 8.87. The molecule has 1 heterocycles. The summed E-state index contributed by atoms with van der Waals surface area (Å²) in [5.74, 6) is 0.257. The molecule has 0 saturated heterocycles. The van der Waals surface area contributed by atoms with Crippen molar-refractivity contribution in [3.05, 3.63) is 29.8 Å². The molecule has 1 atom stereocenters. The van der Waals surface area contributed by atoms with Gasteiger partial charge in [0.2, 0.25) is 0 Å². The molecule has 2 rings (SSSR count). The number of amides is 1. The highest BCUT2D eigenvalue weighted by molar-refractivity contribution is 7.78. The summed E-state index contributed by atoms with van der Waals surface area (Å²) in [6, 6.07) is 6.51. The molecular formula is C9H6N2O2S. The SMILES string of the molecule is O=C1NOc2ccccc2C1N=C=S. The Kier molecular flexibility index (Phi) is 2.26. The fourth-order valence-corrected chi connectivity index (χ4v) is 1.39. The Hall–Kier alpha value is -1.71. The van der Waals surface area contributed by atoms with Crippen LogP contribution in [0.25, 0.3) is 0 Å². The van der Waals surface area contributed by atoms with Crippen LogP contribution in [-0.4, -0.2) is 11.1 Å². The van der Waals surface area contributed by atoms with E-state index in [1.54, 1.807) is 12.1 Å². The number of isothiocyanates is 1. The lowest BCUT2D eigenvalue weighted by Gasteiger charge is -2.20. The average molecular weight is 206 g/mol. The number of para-hydroxylation sites is 1. The summed E-state index contributed by atoms with van der Waals surface area (Å²) in [4.78, 5) is 20.1. The van der Waals surface area contributed by atoms with Crippen LogP contribution in [0.5, 0.6) is 5.75 Å². The van der Waals surface area contributed by atoms with Crippen LogP contribution >= 0.6 is 12.2 Å². The van der Waals surface area contributed by atoms with E-state index in [0.29, 0.717) is 11.3 Å². The maximum Gasteiger partial charge on any atom is 0.282 e. The van der Waals surface area contributed by atoms with Gasteiger partial charge in [-0.1, -0.05) is 18.2 Å². The fourth-order valence-electron chi connectivity index (χ4n) is 1.28. The van der Waals surface area contributed by atoms with E-state index in [4.69, 9.17) is 4.84 Å². The van der Waals surface area contributed by atoms with Gasteiger partial charge >= 0.3 is 0 Å². The van der Waals surface area contributed by atoms with Crippen LogP contribution in [0.15, 0.2) is 29.3 Å². The second kappa shape index (κ2) is 3.57. The summed E-state index contributed by atoms with van der Waals surface area (Å²) in [7, 11) is 0. The van der Waals surface area contributed by atoms with Gasteiger partial charge in [-0.2, -0.15) is 5.48 Å². The molecule has 1 aliphatic rings. The fraction of sp³-hybridized carbons (Fsp3) is 0.111. The predicted octanol–water partition coefficient (Wildman–Crippen LogP) is 1.25. The van der Waals surface area contributed by atoms with E-state index in [-0.39, 0.29) is 5.91 Å². The molecule has 0 radical (unpaired) electrons. The van der Waals surface area contributed by atoms with Crippen molar-refractivity contribution in [2.24, 2.45) is 4.99 Å². The smallest absolute Gasteiger partial charge is 0.282 e. The van der Waals surface area contributed by atoms with Crippen molar-refractivity contribution < 1.29 is 9.63 Å². The quantitative estimate of drug-likeness (QED) is 0.555. The van der Waals surface area contributed by atoms with Crippen molar-refractivity contribution in [3.63, 3.8) is 0 Å². The summed E-state index contributed by atoms with van der Waals surface area (Å²) >= 11 is 4.48. The molecule has 14 heavy (non-hydrogen) atoms. The summed E-state index contributed by atoms with van der Waals surface area (Å²) in [6.07, 6.45) is 0. The van der Waals surface area contributed by atoms with Crippen LogP contribution in [-0.2, 0) is 4.79 Å². The number of carbonyl (C=O) groups excluding carboxylic acids is 1. The van der Waals surface area contributed by atoms with Crippen molar-refractivity contribution in [1.82, 2.24) is 5.48 Å². The molecule has 0 bridgehead atoms. The first-order valence-electron chi connectivity index (χ1n) is 3.95. The number of rotatable bonds is 1. The van der Waals surface area contributed by atoms with Gasteiger partial charge in [-0.3, -0.25) is 4.79 Å². The second-order valence-electron chi connectivity index (χ2n) is 2.73. The van der Waals surface area contributed by atoms with Gasteiger partial charge in [-0.05, 0) is 18.3 Å². The maximum atomic E-state index is 11.3. The van der Waals surface area contributed by atoms with E-state index in [2.05, 4.69) is 27.9 Å². The Morgan fingerprint density at radius 3 is 3.07 bits per heavy atom. The number of thiocarbonyl (C=S) groups is 1. The molecule has 0 aromatic heterocycles. The Labute approximate surface area is 85.6 Å². The lowest BCUT2D eigenvalue weighted by atomic mass is 10.1.